The van der Waals surface area contributed by atoms with Gasteiger partial charge in [-0.2, -0.15) is 9.57 Å². The van der Waals surface area contributed by atoms with Crippen LogP contribution >= 0.6 is 0 Å². The van der Waals surface area contributed by atoms with Crippen LogP contribution in [-0.2, 0) is 10.0 Å². The highest BCUT2D eigenvalue weighted by atomic mass is 32.2. The molecule has 1 spiro atoms. The molecule has 1 saturated heterocycles. The summed E-state index contributed by atoms with van der Waals surface area (Å²) in [5.41, 5.74) is 0.322. The topological polar surface area (TPSA) is 90.6 Å². The van der Waals surface area contributed by atoms with Gasteiger partial charge in [-0.25, -0.2) is 8.42 Å². The maximum atomic E-state index is 12.5. The quantitative estimate of drug-likeness (QED) is 0.834. The summed E-state index contributed by atoms with van der Waals surface area (Å²) in [5, 5.41) is 20.3. The van der Waals surface area contributed by atoms with Gasteiger partial charge in [-0.1, -0.05) is 0 Å². The molecule has 2 fully saturated rings. The number of benzene rings is 1. The highest BCUT2D eigenvalue weighted by Crippen LogP contribution is 2.50. The lowest BCUT2D eigenvalue weighted by molar-refractivity contribution is -0.0957. The maximum Gasteiger partial charge on any atom is 0.214 e. The van der Waals surface area contributed by atoms with Gasteiger partial charge in [0.1, 0.15) is 17.5 Å². The third-order valence-electron chi connectivity index (χ3n) is 5.51. The summed E-state index contributed by atoms with van der Waals surface area (Å²) < 4.78 is 32.6. The van der Waals surface area contributed by atoms with Crippen LogP contribution in [0.2, 0.25) is 0 Å². The largest absolute Gasteiger partial charge is 0.484 e. The highest BCUT2D eigenvalue weighted by molar-refractivity contribution is 7.89. The van der Waals surface area contributed by atoms with E-state index >= 15 is 0 Å². The number of rotatable bonds is 1. The molecule has 2 aliphatic heterocycles. The molecule has 24 heavy (non-hydrogen) atoms. The Kier molecular flexibility index (Phi) is 3.60. The first-order valence-electron chi connectivity index (χ1n) is 8.37. The van der Waals surface area contributed by atoms with E-state index in [1.54, 1.807) is 18.2 Å². The zero-order valence-electron chi connectivity index (χ0n) is 13.3. The molecule has 6 nitrogen and oxygen atoms in total. The van der Waals surface area contributed by atoms with Gasteiger partial charge in [0.15, 0.2) is 0 Å². The fourth-order valence-electron chi connectivity index (χ4n) is 4.33. The summed E-state index contributed by atoms with van der Waals surface area (Å²) in [5.74, 6) is 0.700. The van der Waals surface area contributed by atoms with Crippen molar-refractivity contribution in [1.29, 1.82) is 5.26 Å². The van der Waals surface area contributed by atoms with Crippen LogP contribution in [0.15, 0.2) is 18.2 Å². The van der Waals surface area contributed by atoms with Gasteiger partial charge in [0.2, 0.25) is 10.0 Å². The molecule has 1 aliphatic carbocycles. The second kappa shape index (κ2) is 5.45. The zero-order chi connectivity index (χ0) is 16.9. The molecule has 1 N–H and O–H groups in total. The number of aliphatic hydroxyl groups excluding tert-OH is 1. The molecule has 3 aliphatic rings. The summed E-state index contributed by atoms with van der Waals surface area (Å²) in [4.78, 5) is 0. The van der Waals surface area contributed by atoms with Crippen LogP contribution in [0.5, 0.6) is 5.75 Å². The van der Waals surface area contributed by atoms with Gasteiger partial charge in [-0.05, 0) is 50.3 Å². The van der Waals surface area contributed by atoms with Crippen molar-refractivity contribution in [3.05, 3.63) is 29.3 Å². The van der Waals surface area contributed by atoms with Crippen molar-refractivity contribution >= 4 is 10.0 Å². The summed E-state index contributed by atoms with van der Waals surface area (Å²) in [6, 6.07) is 6.46. The molecule has 4 rings (SSSR count). The lowest BCUT2D eigenvalue weighted by Gasteiger charge is -2.46. The minimum atomic E-state index is -3.39. The SMILES string of the molecule is N#Cc1ccc2c(c1)[C@@H](N1CCCS1(=O)=O)[C@H](O)C1(CCCC1)O2. The van der Waals surface area contributed by atoms with Gasteiger partial charge >= 0.3 is 0 Å². The Morgan fingerprint density at radius 3 is 2.67 bits per heavy atom. The van der Waals surface area contributed by atoms with Gasteiger partial charge in [-0.15, -0.1) is 0 Å². The molecule has 0 amide bonds. The van der Waals surface area contributed by atoms with Crippen LogP contribution in [-0.4, -0.2) is 41.8 Å². The third-order valence-corrected chi connectivity index (χ3v) is 7.44. The Morgan fingerprint density at radius 1 is 1.29 bits per heavy atom. The van der Waals surface area contributed by atoms with Gasteiger partial charge in [0, 0.05) is 12.1 Å². The van der Waals surface area contributed by atoms with E-state index in [0.29, 0.717) is 29.8 Å². The molecule has 0 unspecified atom stereocenters. The van der Waals surface area contributed by atoms with Crippen LogP contribution in [0.4, 0.5) is 0 Å². The van der Waals surface area contributed by atoms with E-state index < -0.39 is 27.8 Å². The molecule has 1 saturated carbocycles. The Labute approximate surface area is 141 Å². The average Bonchev–Trinajstić information content (AvgIpc) is 3.16. The van der Waals surface area contributed by atoms with Gasteiger partial charge in [0.05, 0.1) is 23.4 Å². The third kappa shape index (κ3) is 2.25. The monoisotopic (exact) mass is 348 g/mol. The molecule has 0 radical (unpaired) electrons. The first-order chi connectivity index (χ1) is 11.5. The lowest BCUT2D eigenvalue weighted by atomic mass is 9.82. The van der Waals surface area contributed by atoms with Crippen molar-refractivity contribution in [1.82, 2.24) is 4.31 Å². The Balaban J connectivity index is 1.87. The maximum absolute atomic E-state index is 12.5. The van der Waals surface area contributed by atoms with Crippen molar-refractivity contribution in [2.75, 3.05) is 12.3 Å². The first kappa shape index (κ1) is 15.9. The van der Waals surface area contributed by atoms with E-state index in [9.17, 15) is 18.8 Å². The van der Waals surface area contributed by atoms with Gasteiger partial charge in [0.25, 0.3) is 0 Å². The minimum absolute atomic E-state index is 0.108. The fraction of sp³-hybridized carbons (Fsp3) is 0.588. The highest BCUT2D eigenvalue weighted by Gasteiger charge is 2.54. The Morgan fingerprint density at radius 2 is 2.04 bits per heavy atom. The molecular formula is C17H20N2O4S. The molecule has 128 valence electrons. The Hall–Kier alpha value is -1.62. The molecule has 0 bridgehead atoms. The molecule has 1 aromatic carbocycles. The van der Waals surface area contributed by atoms with Crippen molar-refractivity contribution in [3.63, 3.8) is 0 Å². The summed E-state index contributed by atoms with van der Waals surface area (Å²) >= 11 is 0. The number of ether oxygens (including phenoxy) is 1. The second-order valence-electron chi connectivity index (χ2n) is 6.91. The van der Waals surface area contributed by atoms with Crippen LogP contribution in [0.3, 0.4) is 0 Å². The fourth-order valence-corrected chi connectivity index (χ4v) is 6.04. The number of hydrogen-bond donors (Lipinski definition) is 1. The molecule has 7 heteroatoms. The number of hydrogen-bond acceptors (Lipinski definition) is 5. The number of nitrogens with zero attached hydrogens (tertiary/aromatic N) is 2. The predicted molar refractivity (Wildman–Crippen MR) is 86.8 cm³/mol. The van der Waals surface area contributed by atoms with Gasteiger partial charge < -0.3 is 9.84 Å². The molecule has 1 aromatic rings. The van der Waals surface area contributed by atoms with Crippen molar-refractivity contribution in [2.24, 2.45) is 0 Å². The zero-order valence-corrected chi connectivity index (χ0v) is 14.1. The first-order valence-corrected chi connectivity index (χ1v) is 9.98. The van der Waals surface area contributed by atoms with E-state index in [0.717, 1.165) is 25.7 Å². The van der Waals surface area contributed by atoms with E-state index in [4.69, 9.17) is 4.74 Å². The van der Waals surface area contributed by atoms with E-state index in [-0.39, 0.29) is 5.75 Å². The van der Waals surface area contributed by atoms with E-state index in [1.165, 1.54) is 4.31 Å². The van der Waals surface area contributed by atoms with Crippen molar-refractivity contribution in [3.8, 4) is 11.8 Å². The predicted octanol–water partition coefficient (Wildman–Crippen LogP) is 1.70. The van der Waals surface area contributed by atoms with Crippen LogP contribution in [0.25, 0.3) is 0 Å². The summed E-state index contributed by atoms with van der Waals surface area (Å²) in [7, 11) is -3.39. The minimum Gasteiger partial charge on any atom is -0.484 e. The van der Waals surface area contributed by atoms with Crippen molar-refractivity contribution in [2.45, 2.75) is 49.9 Å². The summed E-state index contributed by atoms with van der Waals surface area (Å²) in [6.07, 6.45) is 3.00. The molecule has 2 heterocycles. The number of nitriles is 1. The average molecular weight is 348 g/mol. The molecule has 2 atom stereocenters. The number of fused-ring (bicyclic) bond motifs is 1. The van der Waals surface area contributed by atoms with Gasteiger partial charge in [-0.3, -0.25) is 0 Å². The molecule has 0 aromatic heterocycles. The normalized spacial score (nSPS) is 30.7. The molecular weight excluding hydrogens is 328 g/mol. The van der Waals surface area contributed by atoms with Crippen LogP contribution in [0.1, 0.15) is 49.3 Å². The van der Waals surface area contributed by atoms with E-state index in [1.807, 2.05) is 0 Å². The second-order valence-corrected chi connectivity index (χ2v) is 8.95. The lowest BCUT2D eigenvalue weighted by Crippen LogP contribution is -2.55. The standard InChI is InChI=1S/C17H20N2O4S/c18-11-12-4-5-14-13(10-12)15(19-8-3-9-24(19,21)22)16(20)17(23-14)6-1-2-7-17/h4-5,10,15-16,20H,1-3,6-9H2/t15-,16+/m1/s1. The Bertz CT molecular complexity index is 808. The number of aliphatic hydroxyl groups is 1. The van der Waals surface area contributed by atoms with E-state index in [2.05, 4.69) is 6.07 Å². The summed E-state index contributed by atoms with van der Waals surface area (Å²) in [6.45, 7) is 0.399. The smallest absolute Gasteiger partial charge is 0.214 e. The van der Waals surface area contributed by atoms with Crippen molar-refractivity contribution < 1.29 is 18.3 Å². The van der Waals surface area contributed by atoms with Crippen LogP contribution in [0, 0.1) is 11.3 Å². The van der Waals surface area contributed by atoms with Crippen LogP contribution < -0.4 is 4.74 Å². The number of sulfonamides is 1.